The summed E-state index contributed by atoms with van der Waals surface area (Å²) in [5, 5.41) is 18.6. The largest absolute Gasteiger partial charge is 4.00 e. The van der Waals surface area contributed by atoms with Crippen molar-refractivity contribution in [1.82, 2.24) is 22.3 Å². The van der Waals surface area contributed by atoms with Crippen molar-refractivity contribution in [3.8, 4) is 0 Å². The number of nitrogens with zero attached hydrogens (tertiary/aromatic N) is 4. The molecule has 2 heterocycles. The van der Waals surface area contributed by atoms with E-state index in [1.807, 2.05) is 19.4 Å². The summed E-state index contributed by atoms with van der Waals surface area (Å²) in [5.41, 5.74) is 9.91. The molecule has 0 unspecified atom stereocenters. The van der Waals surface area contributed by atoms with Crippen LogP contribution in [0.3, 0.4) is 0 Å². The molecule has 0 aliphatic rings. The second kappa shape index (κ2) is 24.7. The van der Waals surface area contributed by atoms with Gasteiger partial charge in [-0.2, -0.15) is 4.57 Å². The zero-order chi connectivity index (χ0) is 15.8. The fraction of sp³-hybridized carbons (Fsp3) is 0.417. The summed E-state index contributed by atoms with van der Waals surface area (Å²) in [6.45, 7) is 4.41. The van der Waals surface area contributed by atoms with Crippen molar-refractivity contribution in [2.24, 2.45) is 5.34 Å². The summed E-state index contributed by atoms with van der Waals surface area (Å²) in [5.74, 6) is 1.20. The van der Waals surface area contributed by atoms with Gasteiger partial charge < -0.3 is 78.0 Å². The maximum atomic E-state index is 10.7. The Labute approximate surface area is 207 Å². The molecule has 0 aliphatic carbocycles. The van der Waals surface area contributed by atoms with E-state index in [2.05, 4.69) is 14.5 Å². The molecule has 0 saturated heterocycles. The molecule has 16 heteroatoms. The van der Waals surface area contributed by atoms with E-state index in [9.17, 15) is 5.11 Å². The maximum Gasteiger partial charge on any atom is 4.00 e. The Morgan fingerprint density at radius 3 is 2.18 bits per heavy atom. The fourth-order valence-electron chi connectivity index (χ4n) is 1.76. The average Bonchev–Trinajstić information content (AvgIpc) is 2.76. The first-order valence-corrected chi connectivity index (χ1v) is 7.00. The number of rotatable bonds is 4. The third kappa shape index (κ3) is 14.6. The first-order valence-electron chi connectivity index (χ1n) is 6.12. The van der Waals surface area contributed by atoms with Crippen LogP contribution >= 0.6 is 11.3 Å². The van der Waals surface area contributed by atoms with Crippen molar-refractivity contribution in [1.29, 1.82) is 0 Å². The molecule has 0 atom stereocenters. The van der Waals surface area contributed by atoms with Crippen molar-refractivity contribution in [3.63, 3.8) is 0 Å². The molecule has 9 N–H and O–H groups in total. The molecule has 2 aromatic heterocycles. The summed E-state index contributed by atoms with van der Waals surface area (Å²) in [6, 6.07) is 0. The minimum absolute atomic E-state index is 0. The number of aryl methyl sites for hydroxylation is 1. The van der Waals surface area contributed by atoms with Gasteiger partial charge in [-0.3, -0.25) is 0 Å². The van der Waals surface area contributed by atoms with Gasteiger partial charge >= 0.3 is 21.1 Å². The van der Waals surface area contributed by atoms with E-state index in [0.29, 0.717) is 24.6 Å². The molecule has 168 valence electrons. The second-order valence-corrected chi connectivity index (χ2v) is 5.16. The standard InChI is InChI=1S/C12H16N4OS.4ClH.HNO2.2H3N.Pt/c1-8-11(3-4-17)18-7-16(8)6-10-5-14-9(2)15-12(10)13;;;;;2-1-3;;;/h5,7H,3-4,6H2,1-2H3,(H2,13,14,15);4*1H;(H,2,3);2*1H3;/q;;;;;;;;+4/p-4. The first kappa shape index (κ1) is 46.0. The predicted molar refractivity (Wildman–Crippen MR) is 85.7 cm³/mol. The Bertz CT molecular complexity index is 629. The molecular weight excluding hydrogens is 659 g/mol. The monoisotopic (exact) mass is 680 g/mol. The van der Waals surface area contributed by atoms with Crippen LogP contribution in [0.1, 0.15) is 22.0 Å². The van der Waals surface area contributed by atoms with Crippen LogP contribution in [0.2, 0.25) is 0 Å². The molecule has 0 aliphatic heterocycles. The van der Waals surface area contributed by atoms with E-state index in [-0.39, 0.29) is 89.6 Å². The van der Waals surface area contributed by atoms with E-state index in [1.54, 1.807) is 17.5 Å². The van der Waals surface area contributed by atoms with Gasteiger partial charge in [0.15, 0.2) is 17.6 Å². The van der Waals surface area contributed by atoms with Crippen LogP contribution in [0.4, 0.5) is 5.82 Å². The Hall–Kier alpha value is -0.362. The smallest absolute Gasteiger partial charge is 1.00 e. The van der Waals surface area contributed by atoms with E-state index in [0.717, 1.165) is 16.1 Å². The van der Waals surface area contributed by atoms with E-state index < -0.39 is 0 Å². The number of thiazole rings is 1. The Morgan fingerprint density at radius 2 is 1.75 bits per heavy atom. The van der Waals surface area contributed by atoms with Crippen LogP contribution in [0, 0.1) is 18.8 Å². The van der Waals surface area contributed by atoms with Gasteiger partial charge in [-0.1, -0.05) is 11.3 Å². The van der Waals surface area contributed by atoms with Crippen LogP contribution in [0.25, 0.3) is 0 Å². The van der Waals surface area contributed by atoms with Crippen LogP contribution in [-0.4, -0.2) is 21.8 Å². The Balaban J connectivity index is -0.0000000832. The summed E-state index contributed by atoms with van der Waals surface area (Å²) >= 11 is 1.61. The van der Waals surface area contributed by atoms with Crippen molar-refractivity contribution < 1.29 is 85.6 Å². The van der Waals surface area contributed by atoms with Gasteiger partial charge in [0.2, 0.25) is 5.51 Å². The van der Waals surface area contributed by atoms with Gasteiger partial charge in [-0.25, -0.2) is 9.97 Å². The molecule has 0 fully saturated rings. The average molecular weight is 682 g/mol. The van der Waals surface area contributed by atoms with Crippen molar-refractivity contribution >= 4 is 17.2 Å². The normalized spacial score (nSPS) is 7.39. The van der Waals surface area contributed by atoms with Gasteiger partial charge in [0.05, 0.1) is 10.4 Å². The quantitative estimate of drug-likeness (QED) is 0.139. The van der Waals surface area contributed by atoms with Gasteiger partial charge in [0.25, 0.3) is 0 Å². The third-order valence-electron chi connectivity index (χ3n) is 2.84. The molecule has 0 spiro atoms. The molecule has 0 saturated carbocycles. The van der Waals surface area contributed by atoms with Crippen LogP contribution in [-0.2, 0) is 34.0 Å². The molecule has 0 bridgehead atoms. The molecule has 2 rings (SSSR count). The van der Waals surface area contributed by atoms with Crippen LogP contribution in [0.15, 0.2) is 17.0 Å². The summed E-state index contributed by atoms with van der Waals surface area (Å²) < 4.78 is 2.08. The molecule has 0 amide bonds. The number of aromatic nitrogens is 3. The minimum Gasteiger partial charge on any atom is -1.00 e. The topological polar surface area (TPSA) is 198 Å². The third-order valence-corrected chi connectivity index (χ3v) is 3.99. The van der Waals surface area contributed by atoms with E-state index in [1.165, 1.54) is 5.34 Å². The molecule has 0 radical (unpaired) electrons. The van der Waals surface area contributed by atoms with E-state index >= 15 is 0 Å². The van der Waals surface area contributed by atoms with Gasteiger partial charge in [-0.15, -0.1) is 11.5 Å². The fourth-order valence-corrected chi connectivity index (χ4v) is 2.73. The maximum absolute atomic E-state index is 10.7. The number of anilines is 1. The Kier molecular flexibility index (Phi) is 40.6. The van der Waals surface area contributed by atoms with Crippen LogP contribution in [0.5, 0.6) is 0 Å². The zero-order valence-electron chi connectivity index (χ0n) is 15.1. The zero-order valence-corrected chi connectivity index (χ0v) is 21.2. The van der Waals surface area contributed by atoms with Gasteiger partial charge in [-0.05, 0) is 13.3 Å². The second-order valence-electron chi connectivity index (χ2n) is 4.22. The van der Waals surface area contributed by atoms with E-state index in [4.69, 9.17) is 15.8 Å². The van der Waals surface area contributed by atoms with Crippen molar-refractivity contribution in [2.75, 3.05) is 12.3 Å². The SMILES string of the molecule is Cc1ncc(C[n+]2csc(CC[O-])c2C)c(N)n1.N.N.O=NO.[Cl-].[Cl-].[Cl-].[Cl-].[Pt+4]. The van der Waals surface area contributed by atoms with Gasteiger partial charge in [0, 0.05) is 13.1 Å². The summed E-state index contributed by atoms with van der Waals surface area (Å²) in [7, 11) is 0. The molecule has 2 aromatic rings. The molecule has 0 aromatic carbocycles. The Morgan fingerprint density at radius 1 is 1.25 bits per heavy atom. The number of hydrogen-bond acceptors (Lipinski definition) is 9. The molecular formula is C12H23Cl4N7O3PtS. The molecule has 10 nitrogen and oxygen atoms in total. The first-order chi connectivity index (χ1) is 10.0. The van der Waals surface area contributed by atoms with Crippen molar-refractivity contribution in [3.05, 3.63) is 38.6 Å². The van der Waals surface area contributed by atoms with Crippen molar-refractivity contribution in [2.45, 2.75) is 26.8 Å². The number of hydrogen-bond donors (Lipinski definition) is 4. The molecule has 28 heavy (non-hydrogen) atoms. The predicted octanol–water partition coefficient (Wildman–Crippen LogP) is -11.5. The van der Waals surface area contributed by atoms with Gasteiger partial charge in [0.1, 0.15) is 11.6 Å². The minimum atomic E-state index is -0.0723. The number of halogens is 4. The summed E-state index contributed by atoms with van der Waals surface area (Å²) in [6.07, 6.45) is 2.35. The van der Waals surface area contributed by atoms with Crippen LogP contribution < -0.4 is 77.3 Å². The number of nitrogens with two attached hydrogens (primary N) is 1. The number of nitrogen functional groups attached to an aromatic ring is 1. The summed E-state index contributed by atoms with van der Waals surface area (Å²) in [4.78, 5) is 17.6.